The molecule has 0 aliphatic rings. The van der Waals surface area contributed by atoms with E-state index in [4.69, 9.17) is 0 Å². The molecule has 0 saturated heterocycles. The highest BCUT2D eigenvalue weighted by molar-refractivity contribution is 5.73. The summed E-state index contributed by atoms with van der Waals surface area (Å²) in [7, 11) is 0. The summed E-state index contributed by atoms with van der Waals surface area (Å²) in [5.41, 5.74) is -0.328. The van der Waals surface area contributed by atoms with Gasteiger partial charge in [0.15, 0.2) is 0 Å². The van der Waals surface area contributed by atoms with Crippen LogP contribution in [0.25, 0.3) is 0 Å². The summed E-state index contributed by atoms with van der Waals surface area (Å²) in [6.07, 6.45) is 4.12. The monoisotopic (exact) mass is 384 g/mol. The van der Waals surface area contributed by atoms with E-state index in [1.54, 1.807) is 6.07 Å². The van der Waals surface area contributed by atoms with Gasteiger partial charge in [-0.2, -0.15) is 0 Å². The molecule has 0 aromatic heterocycles. The molecular formula is C20H24F4N2O. The number of carbonyl (C=O) groups excluding carboxylic acids is 1. The number of benzene rings is 1. The van der Waals surface area contributed by atoms with Gasteiger partial charge in [-0.1, -0.05) is 61.2 Å². The van der Waals surface area contributed by atoms with Crippen molar-refractivity contribution in [1.82, 2.24) is 10.6 Å². The van der Waals surface area contributed by atoms with Crippen LogP contribution in [-0.4, -0.2) is 25.0 Å². The van der Waals surface area contributed by atoms with Gasteiger partial charge in [0.25, 0.3) is 11.8 Å². The quantitative estimate of drug-likeness (QED) is 0.423. The SMILES string of the molecule is C=C/C=C\C(=C/C)C(F)(F)CCNC(=O)NCCC(F)(F)c1ccccc1. The molecule has 2 N–H and O–H groups in total. The third kappa shape index (κ3) is 7.68. The Bertz CT molecular complexity index is 670. The molecule has 0 aliphatic heterocycles. The van der Waals surface area contributed by atoms with E-state index in [-0.39, 0.29) is 24.2 Å². The summed E-state index contributed by atoms with van der Waals surface area (Å²) in [5.74, 6) is -6.21. The van der Waals surface area contributed by atoms with Gasteiger partial charge in [0.2, 0.25) is 0 Å². The second kappa shape index (κ2) is 10.5. The fourth-order valence-corrected chi connectivity index (χ4v) is 2.30. The van der Waals surface area contributed by atoms with Crippen molar-refractivity contribution in [3.05, 3.63) is 72.4 Å². The lowest BCUT2D eigenvalue weighted by Crippen LogP contribution is -2.39. The second-order valence-corrected chi connectivity index (χ2v) is 5.80. The van der Waals surface area contributed by atoms with Gasteiger partial charge >= 0.3 is 6.03 Å². The van der Waals surface area contributed by atoms with Crippen LogP contribution in [0, 0.1) is 0 Å². The van der Waals surface area contributed by atoms with E-state index in [1.165, 1.54) is 55.5 Å². The minimum absolute atomic E-state index is 0.140. The zero-order valence-electron chi connectivity index (χ0n) is 15.2. The van der Waals surface area contributed by atoms with Crippen molar-refractivity contribution in [3.8, 4) is 0 Å². The van der Waals surface area contributed by atoms with Crippen LogP contribution >= 0.6 is 0 Å². The maximum absolute atomic E-state index is 14.0. The average Bonchev–Trinajstić information content (AvgIpc) is 2.62. The minimum atomic E-state index is -3.12. The van der Waals surface area contributed by atoms with E-state index < -0.39 is 30.7 Å². The highest BCUT2D eigenvalue weighted by Crippen LogP contribution is 2.31. The number of urea groups is 1. The molecule has 7 heteroatoms. The van der Waals surface area contributed by atoms with Crippen molar-refractivity contribution >= 4 is 6.03 Å². The molecule has 1 aromatic rings. The van der Waals surface area contributed by atoms with Crippen LogP contribution in [0.5, 0.6) is 0 Å². The minimum Gasteiger partial charge on any atom is -0.338 e. The molecule has 27 heavy (non-hydrogen) atoms. The van der Waals surface area contributed by atoms with Gasteiger partial charge in [-0.3, -0.25) is 0 Å². The molecule has 3 nitrogen and oxygen atoms in total. The molecular weight excluding hydrogens is 360 g/mol. The molecule has 0 spiro atoms. The highest BCUT2D eigenvalue weighted by Gasteiger charge is 2.32. The van der Waals surface area contributed by atoms with E-state index in [2.05, 4.69) is 17.2 Å². The molecule has 0 aliphatic carbocycles. The molecule has 0 heterocycles. The van der Waals surface area contributed by atoms with Gasteiger partial charge in [0.05, 0.1) is 0 Å². The first-order valence-corrected chi connectivity index (χ1v) is 8.51. The van der Waals surface area contributed by atoms with Crippen molar-refractivity contribution in [3.63, 3.8) is 0 Å². The van der Waals surface area contributed by atoms with E-state index in [1.807, 2.05) is 0 Å². The molecule has 0 atom stereocenters. The summed E-state index contributed by atoms with van der Waals surface area (Å²) in [4.78, 5) is 11.6. The van der Waals surface area contributed by atoms with E-state index in [9.17, 15) is 22.4 Å². The summed E-state index contributed by atoms with van der Waals surface area (Å²) in [6.45, 7) is 4.33. The van der Waals surface area contributed by atoms with Crippen LogP contribution in [0.4, 0.5) is 22.4 Å². The van der Waals surface area contributed by atoms with Crippen LogP contribution in [0.15, 0.2) is 66.8 Å². The van der Waals surface area contributed by atoms with Crippen molar-refractivity contribution in [1.29, 1.82) is 0 Å². The second-order valence-electron chi connectivity index (χ2n) is 5.80. The molecule has 0 fully saturated rings. The molecule has 148 valence electrons. The number of amides is 2. The maximum atomic E-state index is 14.0. The predicted octanol–water partition coefficient (Wildman–Crippen LogP) is 5.18. The molecule has 2 amide bonds. The Kier molecular flexibility index (Phi) is 8.78. The first kappa shape index (κ1) is 22.5. The lowest BCUT2D eigenvalue weighted by molar-refractivity contribution is -0.0120. The van der Waals surface area contributed by atoms with E-state index >= 15 is 0 Å². The third-order valence-corrected chi connectivity index (χ3v) is 3.79. The van der Waals surface area contributed by atoms with Crippen molar-refractivity contribution in [2.24, 2.45) is 0 Å². The Morgan fingerprint density at radius 1 is 1.07 bits per heavy atom. The molecule has 0 radical (unpaired) electrons. The van der Waals surface area contributed by atoms with Gasteiger partial charge in [0, 0.05) is 37.1 Å². The summed E-state index contributed by atoms with van der Waals surface area (Å²) < 4.78 is 56.0. The molecule has 1 rings (SSSR count). The Morgan fingerprint density at radius 3 is 2.22 bits per heavy atom. The smallest absolute Gasteiger partial charge is 0.314 e. The molecule has 1 aromatic carbocycles. The Balaban J connectivity index is 2.39. The molecule has 0 saturated carbocycles. The van der Waals surface area contributed by atoms with Gasteiger partial charge < -0.3 is 10.6 Å². The number of hydrogen-bond donors (Lipinski definition) is 2. The Labute approximate surface area is 156 Å². The lowest BCUT2D eigenvalue weighted by Gasteiger charge is -2.19. The van der Waals surface area contributed by atoms with Crippen LogP contribution < -0.4 is 10.6 Å². The van der Waals surface area contributed by atoms with E-state index in [0.717, 1.165) is 0 Å². The average molecular weight is 384 g/mol. The standard InChI is InChI=1S/C20H24F4N2O/c1-3-5-9-16(4-2)19(21,22)12-14-25-18(27)26-15-13-20(23,24)17-10-7-6-8-11-17/h3-11H,1,12-15H2,2H3,(H2,25,26,27)/b9-5-,16-4+. The predicted molar refractivity (Wildman–Crippen MR) is 99.0 cm³/mol. The summed E-state index contributed by atoms with van der Waals surface area (Å²) in [6, 6.07) is 6.50. The summed E-state index contributed by atoms with van der Waals surface area (Å²) >= 11 is 0. The fourth-order valence-electron chi connectivity index (χ4n) is 2.30. The zero-order chi connectivity index (χ0) is 20.3. The van der Waals surface area contributed by atoms with E-state index in [0.29, 0.717) is 0 Å². The van der Waals surface area contributed by atoms with Crippen molar-refractivity contribution in [2.75, 3.05) is 13.1 Å². The third-order valence-electron chi connectivity index (χ3n) is 3.79. The Hall–Kier alpha value is -2.57. The van der Waals surface area contributed by atoms with Crippen LogP contribution in [0.1, 0.15) is 25.3 Å². The van der Waals surface area contributed by atoms with Crippen LogP contribution in [-0.2, 0) is 5.92 Å². The van der Waals surface area contributed by atoms with Gasteiger partial charge in [0.1, 0.15) is 0 Å². The van der Waals surface area contributed by atoms with Gasteiger partial charge in [-0.05, 0) is 6.92 Å². The highest BCUT2D eigenvalue weighted by atomic mass is 19.3. The number of alkyl halides is 4. The topological polar surface area (TPSA) is 41.1 Å². The number of allylic oxidation sites excluding steroid dienone is 5. The largest absolute Gasteiger partial charge is 0.338 e. The number of hydrogen-bond acceptors (Lipinski definition) is 1. The molecule has 0 bridgehead atoms. The maximum Gasteiger partial charge on any atom is 0.314 e. The number of halogens is 4. The van der Waals surface area contributed by atoms with Crippen LogP contribution in [0.2, 0.25) is 0 Å². The van der Waals surface area contributed by atoms with Gasteiger partial charge in [-0.15, -0.1) is 0 Å². The normalized spacial score (nSPS) is 12.9. The summed E-state index contributed by atoms with van der Waals surface area (Å²) in [5, 5.41) is 4.51. The number of rotatable bonds is 10. The zero-order valence-corrected chi connectivity index (χ0v) is 15.2. The first-order valence-electron chi connectivity index (χ1n) is 8.51. The number of carbonyl (C=O) groups is 1. The van der Waals surface area contributed by atoms with Crippen molar-refractivity contribution in [2.45, 2.75) is 31.6 Å². The number of nitrogens with one attached hydrogen (secondary N) is 2. The Morgan fingerprint density at radius 2 is 1.67 bits per heavy atom. The molecule has 0 unspecified atom stereocenters. The van der Waals surface area contributed by atoms with Crippen molar-refractivity contribution < 1.29 is 22.4 Å². The van der Waals surface area contributed by atoms with Crippen LogP contribution in [0.3, 0.4) is 0 Å². The fraction of sp³-hybridized carbons (Fsp3) is 0.350. The lowest BCUT2D eigenvalue weighted by atomic mass is 10.0. The first-order chi connectivity index (χ1) is 12.7. The van der Waals surface area contributed by atoms with Gasteiger partial charge in [-0.25, -0.2) is 22.4 Å².